The van der Waals surface area contributed by atoms with Gasteiger partial charge in [0.2, 0.25) is 11.7 Å². The summed E-state index contributed by atoms with van der Waals surface area (Å²) >= 11 is 3.09. The van der Waals surface area contributed by atoms with Crippen molar-refractivity contribution < 1.29 is 13.5 Å². The maximum absolute atomic E-state index is 13.6. The van der Waals surface area contributed by atoms with E-state index in [0.29, 0.717) is 10.9 Å². The Balaban J connectivity index is 2.14. The molecule has 0 aliphatic carbocycles. The van der Waals surface area contributed by atoms with Crippen LogP contribution in [0.15, 0.2) is 34.9 Å². The molecule has 1 heterocycles. The van der Waals surface area contributed by atoms with Crippen molar-refractivity contribution in [2.75, 3.05) is 0 Å². The van der Waals surface area contributed by atoms with Crippen LogP contribution in [0.5, 0.6) is 11.6 Å². The number of hydrogen-bond acceptors (Lipinski definition) is 3. The van der Waals surface area contributed by atoms with Crippen LogP contribution in [-0.4, -0.2) is 11.0 Å². The van der Waals surface area contributed by atoms with Crippen molar-refractivity contribution in [2.45, 2.75) is 25.8 Å². The first-order chi connectivity index (χ1) is 9.99. The zero-order valence-corrected chi connectivity index (χ0v) is 13.0. The largest absolute Gasteiger partial charge is 0.436 e. The van der Waals surface area contributed by atoms with E-state index in [1.807, 2.05) is 13.0 Å². The predicted molar refractivity (Wildman–Crippen MR) is 80.3 cm³/mol. The van der Waals surface area contributed by atoms with Gasteiger partial charge < -0.3 is 10.5 Å². The molecule has 0 aliphatic rings. The van der Waals surface area contributed by atoms with Gasteiger partial charge in [-0.15, -0.1) is 0 Å². The van der Waals surface area contributed by atoms with E-state index in [9.17, 15) is 8.78 Å². The second-order valence-electron chi connectivity index (χ2n) is 4.68. The third kappa shape index (κ3) is 4.22. The van der Waals surface area contributed by atoms with Crippen molar-refractivity contribution in [3.8, 4) is 11.6 Å². The van der Waals surface area contributed by atoms with Crippen molar-refractivity contribution in [3.63, 3.8) is 0 Å². The average molecular weight is 357 g/mol. The molecular weight excluding hydrogens is 342 g/mol. The lowest BCUT2D eigenvalue weighted by atomic mass is 10.1. The fraction of sp³-hybridized carbons (Fsp3) is 0.267. The summed E-state index contributed by atoms with van der Waals surface area (Å²) in [6.45, 7) is 2.01. The second kappa shape index (κ2) is 6.95. The van der Waals surface area contributed by atoms with E-state index in [1.165, 1.54) is 6.07 Å². The lowest BCUT2D eigenvalue weighted by Crippen LogP contribution is -2.21. The van der Waals surface area contributed by atoms with Gasteiger partial charge >= 0.3 is 0 Å². The molecule has 0 aliphatic heterocycles. The monoisotopic (exact) mass is 356 g/mol. The van der Waals surface area contributed by atoms with Crippen LogP contribution < -0.4 is 10.5 Å². The highest BCUT2D eigenvalue weighted by atomic mass is 79.9. The van der Waals surface area contributed by atoms with E-state index in [4.69, 9.17) is 10.5 Å². The van der Waals surface area contributed by atoms with Gasteiger partial charge in [-0.25, -0.2) is 9.37 Å². The number of halogens is 3. The summed E-state index contributed by atoms with van der Waals surface area (Å²) in [6.07, 6.45) is 3.21. The Morgan fingerprint density at radius 2 is 2.10 bits per heavy atom. The summed E-state index contributed by atoms with van der Waals surface area (Å²) in [5, 5.41) is 0. The maximum atomic E-state index is 13.6. The Hall–Kier alpha value is -1.53. The van der Waals surface area contributed by atoms with Gasteiger partial charge in [0.15, 0.2) is 11.6 Å². The van der Waals surface area contributed by atoms with Crippen molar-refractivity contribution >= 4 is 15.9 Å². The Morgan fingerprint density at radius 1 is 1.33 bits per heavy atom. The zero-order chi connectivity index (χ0) is 15.4. The van der Waals surface area contributed by atoms with E-state index < -0.39 is 11.6 Å². The average Bonchev–Trinajstić information content (AvgIpc) is 2.46. The SMILES string of the molecule is CCC(N)Cc1ccc(Oc2cc(Br)cc(F)c2F)nc1. The lowest BCUT2D eigenvalue weighted by Gasteiger charge is -2.10. The van der Waals surface area contributed by atoms with Crippen LogP contribution >= 0.6 is 15.9 Å². The van der Waals surface area contributed by atoms with Gasteiger partial charge in [-0.05, 0) is 30.5 Å². The first-order valence-corrected chi connectivity index (χ1v) is 7.31. The van der Waals surface area contributed by atoms with Crippen LogP contribution in [0.3, 0.4) is 0 Å². The molecule has 1 aromatic heterocycles. The normalized spacial score (nSPS) is 12.2. The number of rotatable bonds is 5. The fourth-order valence-corrected chi connectivity index (χ4v) is 2.17. The Kier molecular flexibility index (Phi) is 5.25. The third-order valence-corrected chi connectivity index (χ3v) is 3.45. The molecule has 0 amide bonds. The van der Waals surface area contributed by atoms with Gasteiger partial charge in [0.05, 0.1) is 0 Å². The molecule has 1 unspecified atom stereocenters. The molecule has 0 bridgehead atoms. The maximum Gasteiger partial charge on any atom is 0.219 e. The molecule has 1 aromatic carbocycles. The minimum atomic E-state index is -1.04. The molecule has 0 saturated heterocycles. The van der Waals surface area contributed by atoms with Crippen LogP contribution in [-0.2, 0) is 6.42 Å². The summed E-state index contributed by atoms with van der Waals surface area (Å²) in [6, 6.07) is 5.88. The van der Waals surface area contributed by atoms with E-state index in [0.717, 1.165) is 18.1 Å². The molecule has 2 N–H and O–H groups in total. The number of pyridine rings is 1. The molecule has 2 aromatic rings. The molecule has 0 saturated carbocycles. The highest BCUT2D eigenvalue weighted by Crippen LogP contribution is 2.28. The Morgan fingerprint density at radius 3 is 2.71 bits per heavy atom. The van der Waals surface area contributed by atoms with E-state index in [1.54, 1.807) is 12.3 Å². The number of aromatic nitrogens is 1. The molecule has 0 radical (unpaired) electrons. The quantitative estimate of drug-likeness (QED) is 0.817. The van der Waals surface area contributed by atoms with Crippen LogP contribution in [0, 0.1) is 11.6 Å². The Labute approximate surface area is 130 Å². The van der Waals surface area contributed by atoms with Crippen LogP contribution in [0.2, 0.25) is 0 Å². The molecule has 21 heavy (non-hydrogen) atoms. The van der Waals surface area contributed by atoms with E-state index >= 15 is 0 Å². The number of nitrogens with zero attached hydrogens (tertiary/aromatic N) is 1. The highest BCUT2D eigenvalue weighted by molar-refractivity contribution is 9.10. The molecule has 2 rings (SSSR count). The summed E-state index contributed by atoms with van der Waals surface area (Å²) < 4.78 is 32.5. The van der Waals surface area contributed by atoms with E-state index in [2.05, 4.69) is 20.9 Å². The minimum absolute atomic E-state index is 0.0789. The highest BCUT2D eigenvalue weighted by Gasteiger charge is 2.13. The molecule has 1 atom stereocenters. The van der Waals surface area contributed by atoms with Gasteiger partial charge in [-0.2, -0.15) is 4.39 Å². The van der Waals surface area contributed by atoms with Crippen LogP contribution in [0.25, 0.3) is 0 Å². The third-order valence-electron chi connectivity index (χ3n) is 2.99. The number of benzene rings is 1. The summed E-state index contributed by atoms with van der Waals surface area (Å²) in [4.78, 5) is 4.08. The van der Waals surface area contributed by atoms with Gasteiger partial charge in [0, 0.05) is 22.8 Å². The lowest BCUT2D eigenvalue weighted by molar-refractivity contribution is 0.404. The molecule has 112 valence electrons. The molecule has 0 spiro atoms. The van der Waals surface area contributed by atoms with Crippen molar-refractivity contribution in [1.29, 1.82) is 0 Å². The second-order valence-corrected chi connectivity index (χ2v) is 5.59. The predicted octanol–water partition coefficient (Wildman–Crippen LogP) is 4.19. The zero-order valence-electron chi connectivity index (χ0n) is 11.4. The van der Waals surface area contributed by atoms with Gasteiger partial charge in [0.1, 0.15) is 0 Å². The summed E-state index contributed by atoms with van der Waals surface area (Å²) in [7, 11) is 0. The van der Waals surface area contributed by atoms with Gasteiger partial charge in [-0.1, -0.05) is 28.9 Å². The molecule has 3 nitrogen and oxygen atoms in total. The fourth-order valence-electron chi connectivity index (χ4n) is 1.76. The van der Waals surface area contributed by atoms with Crippen molar-refractivity contribution in [2.24, 2.45) is 5.73 Å². The van der Waals surface area contributed by atoms with Crippen molar-refractivity contribution in [1.82, 2.24) is 4.98 Å². The first kappa shape index (κ1) is 15.9. The topological polar surface area (TPSA) is 48.1 Å². The van der Waals surface area contributed by atoms with Crippen molar-refractivity contribution in [3.05, 3.63) is 52.1 Å². The van der Waals surface area contributed by atoms with Crippen LogP contribution in [0.4, 0.5) is 8.78 Å². The number of hydrogen-bond donors (Lipinski definition) is 1. The standard InChI is InChI=1S/C15H15BrF2N2O/c1-2-11(19)5-9-3-4-14(20-8-9)21-13-7-10(16)6-12(17)15(13)18/h3-4,6-8,11H,2,5,19H2,1H3. The number of ether oxygens (including phenoxy) is 1. The van der Waals surface area contributed by atoms with E-state index in [-0.39, 0.29) is 17.7 Å². The summed E-state index contributed by atoms with van der Waals surface area (Å²) in [5.41, 5.74) is 6.83. The first-order valence-electron chi connectivity index (χ1n) is 6.52. The molecule has 6 heteroatoms. The minimum Gasteiger partial charge on any atom is -0.436 e. The molecule has 0 fully saturated rings. The summed E-state index contributed by atoms with van der Waals surface area (Å²) in [5.74, 6) is -2.05. The van der Waals surface area contributed by atoms with Gasteiger partial charge in [-0.3, -0.25) is 0 Å². The molecular formula is C15H15BrF2N2O. The Bertz CT molecular complexity index is 620. The number of nitrogens with two attached hydrogens (primary N) is 1. The smallest absolute Gasteiger partial charge is 0.219 e. The van der Waals surface area contributed by atoms with Gasteiger partial charge in [0.25, 0.3) is 0 Å². The van der Waals surface area contributed by atoms with Crippen LogP contribution in [0.1, 0.15) is 18.9 Å².